The van der Waals surface area contributed by atoms with Crippen LogP contribution in [0.1, 0.15) is 51.9 Å². The fraction of sp³-hybridized carbons (Fsp3) is 0.923. The molecule has 3 nitrogen and oxygen atoms in total. The first-order chi connectivity index (χ1) is 8.12. The van der Waals surface area contributed by atoms with E-state index in [1.165, 1.54) is 38.5 Å². The largest absolute Gasteiger partial charge is 0.468 e. The zero-order valence-corrected chi connectivity index (χ0v) is 11.9. The molecule has 17 heavy (non-hydrogen) atoms. The van der Waals surface area contributed by atoms with Crippen LogP contribution >= 0.6 is 11.8 Å². The number of thioether (sulfide) groups is 1. The Morgan fingerprint density at radius 1 is 1.53 bits per heavy atom. The van der Waals surface area contributed by atoms with Crippen LogP contribution in [0.2, 0.25) is 0 Å². The van der Waals surface area contributed by atoms with Crippen LogP contribution in [-0.4, -0.2) is 29.6 Å². The number of carbonyl (C=O) groups is 1. The van der Waals surface area contributed by atoms with Gasteiger partial charge in [0.2, 0.25) is 0 Å². The van der Waals surface area contributed by atoms with Crippen LogP contribution in [0.25, 0.3) is 0 Å². The number of methoxy groups -OCH3 is 1. The highest BCUT2D eigenvalue weighted by atomic mass is 32.2. The summed E-state index contributed by atoms with van der Waals surface area (Å²) in [4.78, 5) is 11.7. The Morgan fingerprint density at radius 3 is 2.94 bits per heavy atom. The van der Waals surface area contributed by atoms with Crippen molar-refractivity contribution in [2.24, 2.45) is 5.73 Å². The third kappa shape index (κ3) is 4.51. The Morgan fingerprint density at radius 2 is 2.29 bits per heavy atom. The lowest BCUT2D eigenvalue weighted by Crippen LogP contribution is -2.52. The highest BCUT2D eigenvalue weighted by Crippen LogP contribution is 2.34. The van der Waals surface area contributed by atoms with Gasteiger partial charge in [0.1, 0.15) is 5.54 Å². The van der Waals surface area contributed by atoms with E-state index in [9.17, 15) is 4.79 Å². The smallest absolute Gasteiger partial charge is 0.325 e. The average Bonchev–Trinajstić information content (AvgIpc) is 2.34. The predicted octanol–water partition coefficient (Wildman–Crippen LogP) is 2.72. The van der Waals surface area contributed by atoms with Crippen molar-refractivity contribution in [2.45, 2.75) is 62.7 Å². The number of rotatable bonds is 6. The topological polar surface area (TPSA) is 52.3 Å². The van der Waals surface area contributed by atoms with E-state index >= 15 is 0 Å². The standard InChI is InChI=1S/C13H25NO2S/c1-3-4-5-9-17-11-7-6-8-13(14,10-11)12(15)16-2/h11H,3-10,14H2,1-2H3. The Balaban J connectivity index is 2.35. The molecule has 0 aromatic heterocycles. The highest BCUT2D eigenvalue weighted by Gasteiger charge is 2.40. The van der Waals surface area contributed by atoms with Gasteiger partial charge in [0.25, 0.3) is 0 Å². The monoisotopic (exact) mass is 259 g/mol. The minimum Gasteiger partial charge on any atom is -0.468 e. The third-order valence-electron chi connectivity index (χ3n) is 3.43. The van der Waals surface area contributed by atoms with Crippen molar-refractivity contribution in [1.82, 2.24) is 0 Å². The van der Waals surface area contributed by atoms with E-state index in [4.69, 9.17) is 10.5 Å². The lowest BCUT2D eigenvalue weighted by molar-refractivity contribution is -0.148. The molecule has 0 spiro atoms. The first-order valence-corrected chi connectivity index (χ1v) is 7.66. The average molecular weight is 259 g/mol. The number of unbranched alkanes of at least 4 members (excludes halogenated alkanes) is 2. The summed E-state index contributed by atoms with van der Waals surface area (Å²) in [7, 11) is 1.43. The number of nitrogens with two attached hydrogens (primary N) is 1. The normalized spacial score (nSPS) is 29.0. The van der Waals surface area contributed by atoms with Crippen molar-refractivity contribution in [3.63, 3.8) is 0 Å². The van der Waals surface area contributed by atoms with Crippen LogP contribution in [0.3, 0.4) is 0 Å². The van der Waals surface area contributed by atoms with Crippen molar-refractivity contribution < 1.29 is 9.53 Å². The molecule has 0 aromatic rings. The van der Waals surface area contributed by atoms with Gasteiger partial charge in [0.15, 0.2) is 0 Å². The fourth-order valence-electron chi connectivity index (χ4n) is 2.39. The second-order valence-corrected chi connectivity index (χ2v) is 6.35. The third-order valence-corrected chi connectivity index (χ3v) is 4.83. The highest BCUT2D eigenvalue weighted by molar-refractivity contribution is 7.99. The molecule has 0 amide bonds. The number of esters is 1. The second-order valence-electron chi connectivity index (χ2n) is 4.94. The van der Waals surface area contributed by atoms with Gasteiger partial charge in [-0.05, 0) is 37.9 Å². The summed E-state index contributed by atoms with van der Waals surface area (Å²) in [6.07, 6.45) is 7.60. The SMILES string of the molecule is CCCCCSC1CCCC(N)(C(=O)OC)C1. The van der Waals surface area contributed by atoms with E-state index in [0.717, 1.165) is 19.3 Å². The maximum atomic E-state index is 11.7. The van der Waals surface area contributed by atoms with Gasteiger partial charge in [-0.15, -0.1) is 0 Å². The molecule has 1 fully saturated rings. The van der Waals surface area contributed by atoms with Crippen molar-refractivity contribution in [2.75, 3.05) is 12.9 Å². The van der Waals surface area contributed by atoms with Gasteiger partial charge in [-0.3, -0.25) is 4.79 Å². The van der Waals surface area contributed by atoms with Crippen LogP contribution in [0.4, 0.5) is 0 Å². The van der Waals surface area contributed by atoms with Gasteiger partial charge in [-0.25, -0.2) is 0 Å². The van der Waals surface area contributed by atoms with Crippen molar-refractivity contribution in [3.8, 4) is 0 Å². The summed E-state index contributed by atoms with van der Waals surface area (Å²) in [5.74, 6) is 0.951. The molecule has 0 heterocycles. The number of carbonyl (C=O) groups excluding carboxylic acids is 1. The van der Waals surface area contributed by atoms with Crippen molar-refractivity contribution >= 4 is 17.7 Å². The second kappa shape index (κ2) is 7.27. The summed E-state index contributed by atoms with van der Waals surface area (Å²) in [6.45, 7) is 2.22. The predicted molar refractivity (Wildman–Crippen MR) is 73.2 cm³/mol. The summed E-state index contributed by atoms with van der Waals surface area (Å²) in [5, 5.41) is 0.532. The molecule has 0 aliphatic heterocycles. The van der Waals surface area contributed by atoms with Crippen LogP contribution in [0, 0.1) is 0 Å². The molecule has 0 saturated heterocycles. The van der Waals surface area contributed by atoms with Crippen molar-refractivity contribution in [3.05, 3.63) is 0 Å². The summed E-state index contributed by atoms with van der Waals surface area (Å²) < 4.78 is 4.81. The molecule has 4 heteroatoms. The zero-order valence-electron chi connectivity index (χ0n) is 11.0. The summed E-state index contributed by atoms with van der Waals surface area (Å²) in [6, 6.07) is 0. The van der Waals surface area contributed by atoms with E-state index in [0.29, 0.717) is 5.25 Å². The first kappa shape index (κ1) is 14.8. The molecular weight excluding hydrogens is 234 g/mol. The Labute approximate surface area is 109 Å². The van der Waals surface area contributed by atoms with Gasteiger partial charge in [-0.1, -0.05) is 19.8 Å². The molecule has 1 rings (SSSR count). The van der Waals surface area contributed by atoms with Gasteiger partial charge in [0, 0.05) is 5.25 Å². The molecule has 2 atom stereocenters. The van der Waals surface area contributed by atoms with Crippen LogP contribution in [0.5, 0.6) is 0 Å². The Kier molecular flexibility index (Phi) is 6.34. The molecule has 0 radical (unpaired) electrons. The van der Waals surface area contributed by atoms with Gasteiger partial charge in [-0.2, -0.15) is 11.8 Å². The van der Waals surface area contributed by atoms with Crippen LogP contribution in [0.15, 0.2) is 0 Å². The number of hydrogen-bond acceptors (Lipinski definition) is 4. The fourth-order valence-corrected chi connectivity index (χ4v) is 3.84. The van der Waals surface area contributed by atoms with E-state index in [1.807, 2.05) is 11.8 Å². The van der Waals surface area contributed by atoms with Gasteiger partial charge in [0.05, 0.1) is 7.11 Å². The first-order valence-electron chi connectivity index (χ1n) is 6.61. The maximum Gasteiger partial charge on any atom is 0.325 e. The zero-order chi connectivity index (χ0) is 12.7. The molecule has 1 aliphatic carbocycles. The van der Waals surface area contributed by atoms with E-state index in [-0.39, 0.29) is 5.97 Å². The molecular formula is C13H25NO2S. The minimum atomic E-state index is -0.727. The summed E-state index contributed by atoms with van der Waals surface area (Å²) >= 11 is 1.98. The molecule has 0 bridgehead atoms. The number of hydrogen-bond donors (Lipinski definition) is 1. The Hall–Kier alpha value is -0.220. The molecule has 2 N–H and O–H groups in total. The lowest BCUT2D eigenvalue weighted by atomic mass is 9.82. The van der Waals surface area contributed by atoms with Crippen molar-refractivity contribution in [1.29, 1.82) is 0 Å². The van der Waals surface area contributed by atoms with E-state index in [1.54, 1.807) is 0 Å². The molecule has 100 valence electrons. The lowest BCUT2D eigenvalue weighted by Gasteiger charge is -2.35. The quantitative estimate of drug-likeness (QED) is 0.588. The van der Waals surface area contributed by atoms with Gasteiger partial charge >= 0.3 is 5.97 Å². The minimum absolute atomic E-state index is 0.239. The van der Waals surface area contributed by atoms with Crippen LogP contribution in [-0.2, 0) is 9.53 Å². The van der Waals surface area contributed by atoms with Crippen LogP contribution < -0.4 is 5.73 Å². The van der Waals surface area contributed by atoms with Gasteiger partial charge < -0.3 is 10.5 Å². The Bertz CT molecular complexity index is 248. The molecule has 2 unspecified atom stereocenters. The number of ether oxygens (including phenoxy) is 1. The molecule has 1 saturated carbocycles. The molecule has 0 aromatic carbocycles. The maximum absolute atomic E-state index is 11.7. The van der Waals surface area contributed by atoms with E-state index in [2.05, 4.69) is 6.92 Å². The van der Waals surface area contributed by atoms with E-state index < -0.39 is 5.54 Å². The summed E-state index contributed by atoms with van der Waals surface area (Å²) in [5.41, 5.74) is 5.42. The molecule has 1 aliphatic rings.